The van der Waals surface area contributed by atoms with Gasteiger partial charge in [-0.15, -0.1) is 0 Å². The van der Waals surface area contributed by atoms with Crippen LogP contribution in [0, 0.1) is 0 Å². The van der Waals surface area contributed by atoms with Gasteiger partial charge in [0.2, 0.25) is 15.9 Å². The van der Waals surface area contributed by atoms with E-state index < -0.39 is 22.0 Å². The predicted molar refractivity (Wildman–Crippen MR) is 91.0 cm³/mol. The summed E-state index contributed by atoms with van der Waals surface area (Å²) in [7, 11) is -3.42. The van der Waals surface area contributed by atoms with E-state index in [1.807, 2.05) is 6.07 Å². The van der Waals surface area contributed by atoms with Crippen molar-refractivity contribution in [2.24, 2.45) is 0 Å². The number of nitrogens with zero attached hydrogens (tertiary/aromatic N) is 2. The Morgan fingerprint density at radius 3 is 2.52 bits per heavy atom. The van der Waals surface area contributed by atoms with E-state index in [0.29, 0.717) is 36.8 Å². The van der Waals surface area contributed by atoms with Crippen LogP contribution in [-0.4, -0.2) is 42.5 Å². The highest BCUT2D eigenvalue weighted by Crippen LogP contribution is 2.25. The fourth-order valence-electron chi connectivity index (χ4n) is 2.66. The summed E-state index contributed by atoms with van der Waals surface area (Å²) in [5.74, 6) is 0.777. The Labute approximate surface area is 146 Å². The van der Waals surface area contributed by atoms with Crippen LogP contribution >= 0.6 is 0 Å². The molecule has 0 N–H and O–H groups in total. The van der Waals surface area contributed by atoms with Crippen LogP contribution in [0.15, 0.2) is 48.7 Å². The summed E-state index contributed by atoms with van der Waals surface area (Å²) in [6, 6.07) is 11.1. The van der Waals surface area contributed by atoms with Gasteiger partial charge < -0.3 is 9.47 Å². The van der Waals surface area contributed by atoms with E-state index in [9.17, 15) is 13.2 Å². The highest BCUT2D eigenvalue weighted by molar-refractivity contribution is 7.88. The highest BCUT2D eigenvalue weighted by Gasteiger charge is 2.37. The fourth-order valence-corrected chi connectivity index (χ4v) is 3.78. The van der Waals surface area contributed by atoms with Crippen molar-refractivity contribution >= 4 is 16.0 Å². The van der Waals surface area contributed by atoms with Gasteiger partial charge in [-0.25, -0.2) is 18.2 Å². The van der Waals surface area contributed by atoms with Gasteiger partial charge in [0.25, 0.3) is 0 Å². The fraction of sp³-hybridized carbons (Fsp3) is 0.294. The number of ether oxygens (including phenoxy) is 2. The number of pyridine rings is 1. The summed E-state index contributed by atoms with van der Waals surface area (Å²) in [4.78, 5) is 16.3. The van der Waals surface area contributed by atoms with Crippen LogP contribution in [0.3, 0.4) is 0 Å². The molecule has 25 heavy (non-hydrogen) atoms. The maximum absolute atomic E-state index is 12.3. The third-order valence-corrected chi connectivity index (χ3v) is 5.09. The largest absolute Gasteiger partial charge is 0.439 e. The SMILES string of the molecule is CS(=O)(=O)N1CCC[C@H]1C(=O)Oc1ccc(Oc2ccccn2)cc1. The van der Waals surface area contributed by atoms with Crippen molar-refractivity contribution in [3.8, 4) is 17.4 Å². The van der Waals surface area contributed by atoms with Crippen molar-refractivity contribution in [2.75, 3.05) is 12.8 Å². The Morgan fingerprint density at radius 1 is 1.16 bits per heavy atom. The lowest BCUT2D eigenvalue weighted by molar-refractivity contribution is -0.137. The zero-order valence-corrected chi connectivity index (χ0v) is 14.5. The lowest BCUT2D eigenvalue weighted by Gasteiger charge is -2.20. The number of carbonyl (C=O) groups is 1. The molecular weight excluding hydrogens is 344 g/mol. The lowest BCUT2D eigenvalue weighted by atomic mass is 10.2. The Hall–Kier alpha value is -2.45. The first-order valence-corrected chi connectivity index (χ1v) is 9.66. The first-order valence-electron chi connectivity index (χ1n) is 7.81. The van der Waals surface area contributed by atoms with Gasteiger partial charge in [0.05, 0.1) is 6.26 Å². The van der Waals surface area contributed by atoms with Crippen molar-refractivity contribution in [2.45, 2.75) is 18.9 Å². The van der Waals surface area contributed by atoms with Gasteiger partial charge in [0.15, 0.2) is 0 Å². The molecule has 0 saturated carbocycles. The second-order valence-corrected chi connectivity index (χ2v) is 7.63. The predicted octanol–water partition coefficient (Wildman–Crippen LogP) is 2.20. The smallest absolute Gasteiger partial charge is 0.329 e. The Bertz CT molecular complexity index is 837. The van der Waals surface area contributed by atoms with E-state index in [1.165, 1.54) is 4.31 Å². The molecule has 3 rings (SSSR count). The molecule has 8 heteroatoms. The van der Waals surface area contributed by atoms with E-state index in [0.717, 1.165) is 6.26 Å². The average Bonchev–Trinajstić information content (AvgIpc) is 3.08. The van der Waals surface area contributed by atoms with Crippen molar-refractivity contribution < 1.29 is 22.7 Å². The van der Waals surface area contributed by atoms with Gasteiger partial charge in [-0.05, 0) is 43.2 Å². The van der Waals surface area contributed by atoms with Crippen LogP contribution in [0.5, 0.6) is 17.4 Å². The number of esters is 1. The molecule has 0 unspecified atom stereocenters. The van der Waals surface area contributed by atoms with E-state index in [-0.39, 0.29) is 0 Å². The molecule has 1 aromatic carbocycles. The number of benzene rings is 1. The standard InChI is InChI=1S/C17H18N2O5S/c1-25(21,22)19-12-4-5-15(19)17(20)24-14-9-7-13(8-10-14)23-16-6-2-3-11-18-16/h2-3,6-11,15H,4-5,12H2,1H3/t15-/m0/s1. The highest BCUT2D eigenvalue weighted by atomic mass is 32.2. The lowest BCUT2D eigenvalue weighted by Crippen LogP contribution is -2.41. The van der Waals surface area contributed by atoms with E-state index in [1.54, 1.807) is 42.6 Å². The van der Waals surface area contributed by atoms with Gasteiger partial charge in [-0.1, -0.05) is 6.07 Å². The topological polar surface area (TPSA) is 85.8 Å². The average molecular weight is 362 g/mol. The van der Waals surface area contributed by atoms with E-state index in [4.69, 9.17) is 9.47 Å². The molecule has 2 heterocycles. The summed E-state index contributed by atoms with van der Waals surface area (Å²) in [6.45, 7) is 0.343. The zero-order chi connectivity index (χ0) is 17.9. The van der Waals surface area contributed by atoms with E-state index in [2.05, 4.69) is 4.98 Å². The summed E-state index contributed by atoms with van der Waals surface area (Å²) < 4.78 is 35.5. The number of hydrogen-bond donors (Lipinski definition) is 0. The number of aromatic nitrogens is 1. The first kappa shape index (κ1) is 17.4. The quantitative estimate of drug-likeness (QED) is 0.599. The Morgan fingerprint density at radius 2 is 1.88 bits per heavy atom. The van der Waals surface area contributed by atoms with Gasteiger partial charge in [0, 0.05) is 18.8 Å². The van der Waals surface area contributed by atoms with Gasteiger partial charge in [0.1, 0.15) is 17.5 Å². The van der Waals surface area contributed by atoms with Crippen LogP contribution in [0.2, 0.25) is 0 Å². The minimum Gasteiger partial charge on any atom is -0.439 e. The molecule has 1 aliphatic rings. The number of hydrogen-bond acceptors (Lipinski definition) is 6. The second-order valence-electron chi connectivity index (χ2n) is 5.69. The molecule has 1 atom stereocenters. The molecule has 0 spiro atoms. The minimum atomic E-state index is -3.42. The minimum absolute atomic E-state index is 0.332. The molecule has 1 fully saturated rings. The number of carbonyl (C=O) groups excluding carboxylic acids is 1. The molecule has 1 aromatic heterocycles. The molecule has 1 saturated heterocycles. The van der Waals surface area contributed by atoms with Gasteiger partial charge in [-0.2, -0.15) is 4.31 Å². The molecule has 7 nitrogen and oxygen atoms in total. The van der Waals surface area contributed by atoms with Crippen molar-refractivity contribution in [1.82, 2.24) is 9.29 Å². The molecule has 0 aliphatic carbocycles. The van der Waals surface area contributed by atoms with Crippen LogP contribution in [-0.2, 0) is 14.8 Å². The van der Waals surface area contributed by atoms with Gasteiger partial charge in [-0.3, -0.25) is 0 Å². The van der Waals surface area contributed by atoms with Gasteiger partial charge >= 0.3 is 5.97 Å². The maximum atomic E-state index is 12.3. The van der Waals surface area contributed by atoms with Crippen molar-refractivity contribution in [3.05, 3.63) is 48.7 Å². The van der Waals surface area contributed by atoms with Crippen molar-refractivity contribution in [1.29, 1.82) is 0 Å². The normalized spacial score (nSPS) is 18.0. The summed E-state index contributed by atoms with van der Waals surface area (Å²) in [5.41, 5.74) is 0. The number of sulfonamides is 1. The molecule has 132 valence electrons. The summed E-state index contributed by atoms with van der Waals surface area (Å²) >= 11 is 0. The molecule has 0 amide bonds. The molecule has 0 bridgehead atoms. The molecular formula is C17H18N2O5S. The van der Waals surface area contributed by atoms with Crippen LogP contribution < -0.4 is 9.47 Å². The van der Waals surface area contributed by atoms with Crippen LogP contribution in [0.4, 0.5) is 0 Å². The van der Waals surface area contributed by atoms with Crippen LogP contribution in [0.1, 0.15) is 12.8 Å². The third-order valence-electron chi connectivity index (χ3n) is 3.80. The summed E-state index contributed by atoms with van der Waals surface area (Å²) in [6.07, 6.45) is 3.83. The summed E-state index contributed by atoms with van der Waals surface area (Å²) in [5, 5.41) is 0. The monoisotopic (exact) mass is 362 g/mol. The second kappa shape index (κ2) is 7.20. The Balaban J connectivity index is 1.64. The van der Waals surface area contributed by atoms with Crippen molar-refractivity contribution in [3.63, 3.8) is 0 Å². The third kappa shape index (κ3) is 4.34. The maximum Gasteiger partial charge on any atom is 0.329 e. The van der Waals surface area contributed by atoms with E-state index >= 15 is 0 Å². The molecule has 1 aliphatic heterocycles. The Kier molecular flexibility index (Phi) is 5.00. The van der Waals surface area contributed by atoms with Crippen LogP contribution in [0.25, 0.3) is 0 Å². The number of rotatable bonds is 5. The first-order chi connectivity index (χ1) is 11.9. The zero-order valence-electron chi connectivity index (χ0n) is 13.7. The molecule has 2 aromatic rings. The molecule has 0 radical (unpaired) electrons.